The number of hydrogen-bond acceptors (Lipinski definition) is 2. The van der Waals surface area contributed by atoms with Crippen molar-refractivity contribution in [1.29, 1.82) is 0 Å². The van der Waals surface area contributed by atoms with Gasteiger partial charge in [-0.05, 0) is 50.6 Å². The molecule has 0 aromatic heterocycles. The smallest absolute Gasteiger partial charge is 0.220 e. The topological polar surface area (TPSA) is 41.1 Å². The molecule has 0 spiro atoms. The lowest BCUT2D eigenvalue weighted by Crippen LogP contribution is -2.43. The van der Waals surface area contributed by atoms with Crippen LogP contribution in [-0.2, 0) is 4.79 Å². The van der Waals surface area contributed by atoms with Gasteiger partial charge in [0.2, 0.25) is 5.91 Å². The van der Waals surface area contributed by atoms with Gasteiger partial charge in [-0.2, -0.15) is 0 Å². The van der Waals surface area contributed by atoms with E-state index in [0.29, 0.717) is 11.8 Å². The highest BCUT2D eigenvalue weighted by Crippen LogP contribution is 2.45. The lowest BCUT2D eigenvalue weighted by Gasteiger charge is -2.43. The molecule has 0 heterocycles. The van der Waals surface area contributed by atoms with E-state index in [-0.39, 0.29) is 18.3 Å². The van der Waals surface area contributed by atoms with Crippen LogP contribution < -0.4 is 10.6 Å². The molecule has 0 radical (unpaired) electrons. The number of rotatable bonds is 8. The van der Waals surface area contributed by atoms with Gasteiger partial charge in [0.25, 0.3) is 0 Å². The average molecular weight is 277 g/mol. The molecule has 1 rings (SSSR count). The van der Waals surface area contributed by atoms with Crippen LogP contribution in [0, 0.1) is 11.3 Å². The molecule has 0 atom stereocenters. The second-order valence-corrected chi connectivity index (χ2v) is 5.94. The highest BCUT2D eigenvalue weighted by molar-refractivity contribution is 5.85. The Hall–Kier alpha value is -0.280. The molecule has 1 amide bonds. The molecule has 108 valence electrons. The second kappa shape index (κ2) is 8.76. The summed E-state index contributed by atoms with van der Waals surface area (Å²) in [5.74, 6) is 0.951. The quantitative estimate of drug-likeness (QED) is 0.670. The third kappa shape index (κ3) is 6.05. The molecule has 0 saturated heterocycles. The summed E-state index contributed by atoms with van der Waals surface area (Å²) in [7, 11) is 1.92. The van der Waals surface area contributed by atoms with Crippen LogP contribution in [0.15, 0.2) is 0 Å². The van der Waals surface area contributed by atoms with Crippen molar-refractivity contribution >= 4 is 18.3 Å². The number of amides is 1. The summed E-state index contributed by atoms with van der Waals surface area (Å²) in [6, 6.07) is 0. The van der Waals surface area contributed by atoms with E-state index in [1.165, 1.54) is 25.7 Å². The summed E-state index contributed by atoms with van der Waals surface area (Å²) in [5.41, 5.74) is 0.423. The Morgan fingerprint density at radius 1 is 1.33 bits per heavy atom. The van der Waals surface area contributed by atoms with Crippen LogP contribution in [0.2, 0.25) is 0 Å². The third-order valence-corrected chi connectivity index (χ3v) is 3.75. The number of carbonyl (C=O) groups is 1. The monoisotopic (exact) mass is 276 g/mol. The summed E-state index contributed by atoms with van der Waals surface area (Å²) in [4.78, 5) is 11.7. The van der Waals surface area contributed by atoms with Crippen LogP contribution in [0.5, 0.6) is 0 Å². The highest BCUT2D eigenvalue weighted by atomic mass is 35.5. The standard InChI is InChI=1S/C14H28N2O.ClH/c1-12(2)10-14(7-5-8-14)11-16-13(17)6-4-9-15-3;/h12,15H,4-11H2,1-3H3,(H,16,17);1H. The molecule has 3 nitrogen and oxygen atoms in total. The molecule has 1 fully saturated rings. The molecule has 18 heavy (non-hydrogen) atoms. The zero-order chi connectivity index (χ0) is 12.7. The van der Waals surface area contributed by atoms with E-state index >= 15 is 0 Å². The largest absolute Gasteiger partial charge is 0.356 e. The van der Waals surface area contributed by atoms with Crippen molar-refractivity contribution in [2.24, 2.45) is 11.3 Å². The van der Waals surface area contributed by atoms with Crippen molar-refractivity contribution in [3.05, 3.63) is 0 Å². The fourth-order valence-corrected chi connectivity index (χ4v) is 2.80. The van der Waals surface area contributed by atoms with E-state index < -0.39 is 0 Å². The first kappa shape index (κ1) is 17.7. The van der Waals surface area contributed by atoms with E-state index in [1.54, 1.807) is 0 Å². The van der Waals surface area contributed by atoms with E-state index in [0.717, 1.165) is 25.4 Å². The Balaban J connectivity index is 0.00000289. The molecule has 0 aliphatic heterocycles. The Morgan fingerprint density at radius 2 is 2.00 bits per heavy atom. The van der Waals surface area contributed by atoms with Crippen LogP contribution in [0.1, 0.15) is 52.4 Å². The van der Waals surface area contributed by atoms with Gasteiger partial charge in [-0.25, -0.2) is 0 Å². The maximum atomic E-state index is 11.7. The zero-order valence-electron chi connectivity index (χ0n) is 12.1. The third-order valence-electron chi connectivity index (χ3n) is 3.75. The highest BCUT2D eigenvalue weighted by Gasteiger charge is 2.37. The van der Waals surface area contributed by atoms with E-state index in [9.17, 15) is 4.79 Å². The minimum atomic E-state index is 0. The van der Waals surface area contributed by atoms with Crippen molar-refractivity contribution in [2.45, 2.75) is 52.4 Å². The van der Waals surface area contributed by atoms with Crippen molar-refractivity contribution < 1.29 is 4.79 Å². The first-order valence-electron chi connectivity index (χ1n) is 6.99. The minimum absolute atomic E-state index is 0. The van der Waals surface area contributed by atoms with Crippen molar-refractivity contribution in [1.82, 2.24) is 10.6 Å². The molecule has 1 aliphatic rings. The van der Waals surface area contributed by atoms with Gasteiger partial charge in [0, 0.05) is 13.0 Å². The second-order valence-electron chi connectivity index (χ2n) is 5.94. The fraction of sp³-hybridized carbons (Fsp3) is 0.929. The predicted octanol–water partition coefficient (Wildman–Crippen LogP) is 2.74. The van der Waals surface area contributed by atoms with Crippen molar-refractivity contribution in [3.63, 3.8) is 0 Å². The number of nitrogens with one attached hydrogen (secondary N) is 2. The molecule has 0 aromatic rings. The molecule has 4 heteroatoms. The molecular weight excluding hydrogens is 248 g/mol. The van der Waals surface area contributed by atoms with Crippen molar-refractivity contribution in [3.8, 4) is 0 Å². The molecule has 1 aliphatic carbocycles. The minimum Gasteiger partial charge on any atom is -0.356 e. The average Bonchev–Trinajstić information content (AvgIpc) is 2.22. The Kier molecular flexibility index (Phi) is 8.62. The lowest BCUT2D eigenvalue weighted by atomic mass is 9.64. The molecule has 0 aromatic carbocycles. The zero-order valence-corrected chi connectivity index (χ0v) is 12.9. The van der Waals surface area contributed by atoms with Crippen LogP contribution >= 0.6 is 12.4 Å². The van der Waals surface area contributed by atoms with Crippen LogP contribution in [0.4, 0.5) is 0 Å². The maximum absolute atomic E-state index is 11.7. The van der Waals surface area contributed by atoms with Gasteiger partial charge in [0.15, 0.2) is 0 Å². The number of halogens is 1. The maximum Gasteiger partial charge on any atom is 0.220 e. The Bertz CT molecular complexity index is 240. The summed E-state index contributed by atoms with van der Waals surface area (Å²) < 4.78 is 0. The summed E-state index contributed by atoms with van der Waals surface area (Å²) in [6.07, 6.45) is 6.76. The molecule has 0 unspecified atom stereocenters. The van der Waals surface area contributed by atoms with Gasteiger partial charge in [-0.15, -0.1) is 12.4 Å². The SMILES string of the molecule is CNCCCC(=O)NCC1(CC(C)C)CCC1.Cl. The van der Waals surface area contributed by atoms with Gasteiger partial charge < -0.3 is 10.6 Å². The Morgan fingerprint density at radius 3 is 2.44 bits per heavy atom. The summed E-state index contributed by atoms with van der Waals surface area (Å²) in [5, 5.41) is 6.19. The van der Waals surface area contributed by atoms with Gasteiger partial charge in [-0.1, -0.05) is 20.3 Å². The van der Waals surface area contributed by atoms with E-state index in [2.05, 4.69) is 24.5 Å². The van der Waals surface area contributed by atoms with Gasteiger partial charge in [0.1, 0.15) is 0 Å². The predicted molar refractivity (Wildman–Crippen MR) is 79.2 cm³/mol. The van der Waals surface area contributed by atoms with Crippen molar-refractivity contribution in [2.75, 3.05) is 20.1 Å². The van der Waals surface area contributed by atoms with Crippen LogP contribution in [0.25, 0.3) is 0 Å². The molecule has 1 saturated carbocycles. The van der Waals surface area contributed by atoms with Gasteiger partial charge >= 0.3 is 0 Å². The summed E-state index contributed by atoms with van der Waals surface area (Å²) in [6.45, 7) is 6.36. The summed E-state index contributed by atoms with van der Waals surface area (Å²) >= 11 is 0. The lowest BCUT2D eigenvalue weighted by molar-refractivity contribution is -0.122. The number of hydrogen-bond donors (Lipinski definition) is 2. The van der Waals surface area contributed by atoms with E-state index in [1.807, 2.05) is 7.05 Å². The van der Waals surface area contributed by atoms with Crippen LogP contribution in [0.3, 0.4) is 0 Å². The first-order valence-corrected chi connectivity index (χ1v) is 6.99. The normalized spacial score (nSPS) is 16.9. The molecule has 2 N–H and O–H groups in total. The van der Waals surface area contributed by atoms with Gasteiger partial charge in [0.05, 0.1) is 0 Å². The van der Waals surface area contributed by atoms with Gasteiger partial charge in [-0.3, -0.25) is 4.79 Å². The molecular formula is C14H29ClN2O. The number of carbonyl (C=O) groups excluding carboxylic acids is 1. The fourth-order valence-electron chi connectivity index (χ4n) is 2.80. The van der Waals surface area contributed by atoms with E-state index in [4.69, 9.17) is 0 Å². The van der Waals surface area contributed by atoms with Crippen LogP contribution in [-0.4, -0.2) is 26.0 Å². The Labute approximate surface area is 118 Å². The molecule has 0 bridgehead atoms. The first-order chi connectivity index (χ1) is 8.08.